The maximum absolute atomic E-state index is 12.7. The van der Waals surface area contributed by atoms with Crippen LogP contribution in [0.15, 0.2) is 76.1 Å². The largest absolute Gasteiger partial charge is 0.492 e. The van der Waals surface area contributed by atoms with Crippen molar-refractivity contribution in [2.45, 2.75) is 13.5 Å². The molecule has 0 saturated carbocycles. The number of rotatable bonds is 6. The summed E-state index contributed by atoms with van der Waals surface area (Å²) >= 11 is 3.49. The Morgan fingerprint density at radius 3 is 2.46 bits per heavy atom. The molecule has 3 rings (SSSR count). The molecule has 1 heterocycles. The van der Waals surface area contributed by atoms with E-state index in [0.29, 0.717) is 24.6 Å². The second-order valence-electron chi connectivity index (χ2n) is 5.95. The van der Waals surface area contributed by atoms with E-state index in [1.807, 2.05) is 37.3 Å². The Kier molecular flexibility index (Phi) is 6.49. The first-order valence-corrected chi connectivity index (χ1v) is 9.60. The molecular weight excluding hydrogens is 422 g/mol. The fraction of sp³-hybridized carbons (Fsp3) is 0.143. The van der Waals surface area contributed by atoms with Crippen molar-refractivity contribution in [3.63, 3.8) is 0 Å². The monoisotopic (exact) mass is 441 g/mol. The average Bonchev–Trinajstić information content (AvgIpc) is 2.68. The van der Waals surface area contributed by atoms with Crippen LogP contribution in [0.4, 0.5) is 16.2 Å². The van der Waals surface area contributed by atoms with Gasteiger partial charge in [-0.3, -0.25) is 4.79 Å². The maximum Gasteiger partial charge on any atom is 0.323 e. The summed E-state index contributed by atoms with van der Waals surface area (Å²) in [7, 11) is 0. The van der Waals surface area contributed by atoms with Crippen LogP contribution in [0, 0.1) is 0 Å². The van der Waals surface area contributed by atoms with Crippen LogP contribution in [-0.4, -0.2) is 17.2 Å². The topological polar surface area (TPSA) is 72.4 Å². The lowest BCUT2D eigenvalue weighted by atomic mass is 10.2. The number of urea groups is 1. The molecule has 0 saturated heterocycles. The Balaban J connectivity index is 1.75. The van der Waals surface area contributed by atoms with Crippen molar-refractivity contribution >= 4 is 33.3 Å². The van der Waals surface area contributed by atoms with E-state index in [9.17, 15) is 9.59 Å². The Morgan fingerprint density at radius 2 is 1.68 bits per heavy atom. The Bertz CT molecular complexity index is 1030. The first kappa shape index (κ1) is 19.7. The van der Waals surface area contributed by atoms with Gasteiger partial charge in [-0.2, -0.15) is 0 Å². The quantitative estimate of drug-likeness (QED) is 0.581. The molecule has 0 fully saturated rings. The lowest BCUT2D eigenvalue weighted by molar-refractivity contribution is 0.262. The van der Waals surface area contributed by atoms with Gasteiger partial charge in [0, 0.05) is 10.7 Å². The molecule has 3 aromatic rings. The third-order valence-electron chi connectivity index (χ3n) is 4.00. The number of para-hydroxylation sites is 2. The number of hydrogen-bond donors (Lipinski definition) is 2. The highest BCUT2D eigenvalue weighted by Gasteiger charge is 2.11. The Morgan fingerprint density at radius 1 is 1.00 bits per heavy atom. The molecule has 0 radical (unpaired) electrons. The summed E-state index contributed by atoms with van der Waals surface area (Å²) in [5.41, 5.74) is 1.41. The summed E-state index contributed by atoms with van der Waals surface area (Å²) in [5, 5.41) is 5.34. The van der Waals surface area contributed by atoms with Crippen molar-refractivity contribution in [3.8, 4) is 5.75 Å². The zero-order chi connectivity index (χ0) is 19.9. The van der Waals surface area contributed by atoms with Crippen LogP contribution in [0.3, 0.4) is 0 Å². The molecule has 144 valence electrons. The van der Waals surface area contributed by atoms with Crippen LogP contribution in [0.5, 0.6) is 5.75 Å². The molecule has 6 nitrogen and oxygen atoms in total. The highest BCUT2D eigenvalue weighted by atomic mass is 79.9. The van der Waals surface area contributed by atoms with Crippen LogP contribution in [0.25, 0.3) is 0 Å². The number of hydrogen-bond acceptors (Lipinski definition) is 3. The van der Waals surface area contributed by atoms with Gasteiger partial charge in [0.15, 0.2) is 0 Å². The number of benzene rings is 2. The van der Waals surface area contributed by atoms with E-state index in [1.54, 1.807) is 41.1 Å². The maximum atomic E-state index is 12.7. The Labute approximate surface area is 171 Å². The van der Waals surface area contributed by atoms with Gasteiger partial charge in [-0.15, -0.1) is 0 Å². The molecule has 2 aromatic carbocycles. The number of ether oxygens (including phenoxy) is 1. The van der Waals surface area contributed by atoms with Gasteiger partial charge < -0.3 is 19.9 Å². The number of carbonyl (C=O) groups excluding carboxylic acids is 1. The lowest BCUT2D eigenvalue weighted by Crippen LogP contribution is -2.28. The number of anilines is 2. The summed E-state index contributed by atoms with van der Waals surface area (Å²) in [5.74, 6) is 0.569. The van der Waals surface area contributed by atoms with Gasteiger partial charge in [-0.05, 0) is 42.8 Å². The van der Waals surface area contributed by atoms with Crippen LogP contribution in [0.2, 0.25) is 0 Å². The van der Waals surface area contributed by atoms with E-state index < -0.39 is 6.03 Å². The first-order chi connectivity index (χ1) is 13.6. The second-order valence-corrected chi connectivity index (χ2v) is 6.81. The van der Waals surface area contributed by atoms with E-state index >= 15 is 0 Å². The summed E-state index contributed by atoms with van der Waals surface area (Å²) in [4.78, 5) is 25.1. The molecule has 0 unspecified atom stereocenters. The average molecular weight is 442 g/mol. The second kappa shape index (κ2) is 9.23. The van der Waals surface area contributed by atoms with Gasteiger partial charge in [0.2, 0.25) is 0 Å². The molecule has 0 aliphatic carbocycles. The van der Waals surface area contributed by atoms with Gasteiger partial charge in [0.1, 0.15) is 11.4 Å². The predicted octanol–water partition coefficient (Wildman–Crippen LogP) is 4.70. The third-order valence-corrected chi connectivity index (χ3v) is 4.78. The van der Waals surface area contributed by atoms with Crippen molar-refractivity contribution in [2.75, 3.05) is 17.2 Å². The SMILES string of the molecule is CCOc1ccccc1NC(=O)Nc1cccn(Cc2ccccc2Br)c1=O. The van der Waals surface area contributed by atoms with E-state index in [0.717, 1.165) is 10.0 Å². The van der Waals surface area contributed by atoms with Crippen molar-refractivity contribution in [1.82, 2.24) is 4.57 Å². The summed E-state index contributed by atoms with van der Waals surface area (Å²) < 4.78 is 7.96. The molecule has 0 aliphatic heterocycles. The van der Waals surface area contributed by atoms with E-state index in [4.69, 9.17) is 4.74 Å². The van der Waals surface area contributed by atoms with Gasteiger partial charge in [-0.25, -0.2) is 4.79 Å². The van der Waals surface area contributed by atoms with Crippen molar-refractivity contribution in [1.29, 1.82) is 0 Å². The standard InChI is InChI=1S/C21H20BrN3O3/c1-2-28-19-12-6-5-10-17(19)23-21(27)24-18-11-7-13-25(20(18)26)14-15-8-3-4-9-16(15)22/h3-13H,2,14H2,1H3,(H2,23,24,27). The van der Waals surface area contributed by atoms with Crippen LogP contribution in [-0.2, 0) is 6.54 Å². The predicted molar refractivity (Wildman–Crippen MR) is 114 cm³/mol. The van der Waals surface area contributed by atoms with E-state index in [-0.39, 0.29) is 11.2 Å². The minimum Gasteiger partial charge on any atom is -0.492 e. The lowest BCUT2D eigenvalue weighted by Gasteiger charge is -2.13. The van der Waals surface area contributed by atoms with Gasteiger partial charge in [0.05, 0.1) is 18.8 Å². The highest BCUT2D eigenvalue weighted by Crippen LogP contribution is 2.23. The fourth-order valence-electron chi connectivity index (χ4n) is 2.69. The number of nitrogens with zero attached hydrogens (tertiary/aromatic N) is 1. The van der Waals surface area contributed by atoms with Crippen molar-refractivity contribution in [3.05, 3.63) is 87.3 Å². The molecule has 0 spiro atoms. The Hall–Kier alpha value is -3.06. The van der Waals surface area contributed by atoms with E-state index in [1.165, 1.54) is 0 Å². The van der Waals surface area contributed by atoms with Crippen LogP contribution < -0.4 is 20.9 Å². The van der Waals surface area contributed by atoms with Gasteiger partial charge in [-0.1, -0.05) is 46.3 Å². The minimum atomic E-state index is -0.511. The molecule has 0 aliphatic rings. The molecule has 2 N–H and O–H groups in total. The number of amides is 2. The van der Waals surface area contributed by atoms with Crippen LogP contribution >= 0.6 is 15.9 Å². The number of pyridine rings is 1. The third kappa shape index (κ3) is 4.80. The minimum absolute atomic E-state index is 0.195. The highest BCUT2D eigenvalue weighted by molar-refractivity contribution is 9.10. The fourth-order valence-corrected chi connectivity index (χ4v) is 3.10. The van der Waals surface area contributed by atoms with Crippen molar-refractivity contribution < 1.29 is 9.53 Å². The zero-order valence-corrected chi connectivity index (χ0v) is 16.9. The zero-order valence-electron chi connectivity index (χ0n) is 15.3. The number of aromatic nitrogens is 1. The first-order valence-electron chi connectivity index (χ1n) is 8.81. The number of carbonyl (C=O) groups is 1. The summed E-state index contributed by atoms with van der Waals surface area (Å²) in [6, 6.07) is 17.6. The molecule has 0 atom stereocenters. The number of halogens is 1. The molecule has 2 amide bonds. The smallest absolute Gasteiger partial charge is 0.323 e. The van der Waals surface area contributed by atoms with Crippen LogP contribution in [0.1, 0.15) is 12.5 Å². The summed E-state index contributed by atoms with van der Waals surface area (Å²) in [6.45, 7) is 2.75. The molecule has 7 heteroatoms. The molecule has 0 bridgehead atoms. The number of nitrogens with one attached hydrogen (secondary N) is 2. The van der Waals surface area contributed by atoms with Crippen molar-refractivity contribution in [2.24, 2.45) is 0 Å². The molecule has 1 aromatic heterocycles. The van der Waals surface area contributed by atoms with E-state index in [2.05, 4.69) is 26.6 Å². The van der Waals surface area contributed by atoms with Gasteiger partial charge >= 0.3 is 6.03 Å². The normalized spacial score (nSPS) is 10.4. The molecule has 28 heavy (non-hydrogen) atoms. The molecular formula is C21H20BrN3O3. The van der Waals surface area contributed by atoms with Gasteiger partial charge in [0.25, 0.3) is 5.56 Å². The summed E-state index contributed by atoms with van der Waals surface area (Å²) in [6.07, 6.45) is 1.69.